The van der Waals surface area contributed by atoms with Gasteiger partial charge in [0.15, 0.2) is 23.8 Å². The van der Waals surface area contributed by atoms with Crippen LogP contribution in [0.25, 0.3) is 0 Å². The molecule has 0 bridgehead atoms. The molecule has 1 aliphatic heterocycles. The van der Waals surface area contributed by atoms with E-state index in [1.54, 1.807) is 0 Å². The number of hydrogen-bond donors (Lipinski definition) is 2. The average molecular weight is 426 g/mol. The van der Waals surface area contributed by atoms with E-state index in [0.29, 0.717) is 26.2 Å². The van der Waals surface area contributed by atoms with Crippen molar-refractivity contribution in [1.82, 2.24) is 5.32 Å². The number of amides is 1. The van der Waals surface area contributed by atoms with Crippen LogP contribution in [-0.4, -0.2) is 44.0 Å². The third kappa shape index (κ3) is 6.31. The van der Waals surface area contributed by atoms with Gasteiger partial charge in [0, 0.05) is 12.0 Å². The maximum absolute atomic E-state index is 12.7. The van der Waals surface area contributed by atoms with Gasteiger partial charge in [-0.05, 0) is 50.5 Å². The largest absolute Gasteiger partial charge is 0.490 e. The maximum Gasteiger partial charge on any atom is 0.275 e. The van der Waals surface area contributed by atoms with E-state index in [4.69, 9.17) is 9.47 Å². The molecule has 0 fully saturated rings. The van der Waals surface area contributed by atoms with Gasteiger partial charge < -0.3 is 19.7 Å². The predicted molar refractivity (Wildman–Crippen MR) is 120 cm³/mol. The molecule has 1 heterocycles. The van der Waals surface area contributed by atoms with Crippen molar-refractivity contribution in [3.8, 4) is 11.5 Å². The van der Waals surface area contributed by atoms with Crippen LogP contribution in [0.3, 0.4) is 0 Å². The highest BCUT2D eigenvalue weighted by Gasteiger charge is 2.26. The second-order valence-electron chi connectivity index (χ2n) is 7.96. The molecule has 2 atom stereocenters. The van der Waals surface area contributed by atoms with Crippen LogP contribution in [0.4, 0.5) is 0 Å². The molecule has 0 aromatic heterocycles. The van der Waals surface area contributed by atoms with Crippen molar-refractivity contribution >= 4 is 11.7 Å². The lowest BCUT2D eigenvalue weighted by Crippen LogP contribution is -3.13. The fourth-order valence-electron chi connectivity index (χ4n) is 4.02. The Bertz CT molecular complexity index is 898. The molecular formula is C25H33N2O4+. The number of nitrogens with one attached hydrogen (secondary N) is 2. The number of ether oxygens (including phenoxy) is 2. The van der Waals surface area contributed by atoms with E-state index in [1.165, 1.54) is 23.0 Å². The van der Waals surface area contributed by atoms with Crippen molar-refractivity contribution in [2.24, 2.45) is 0 Å². The van der Waals surface area contributed by atoms with Crippen LogP contribution in [0, 0.1) is 0 Å². The van der Waals surface area contributed by atoms with Gasteiger partial charge in [0.2, 0.25) is 0 Å². The standard InChI is InChI=1S/C25H32N2O4/c1-4-30-23-14-20-11-12-27(16-21(20)15-24(23)31-5-2)17-25(29)26-22(18(3)28)13-19-9-7-6-8-10-19/h6-10,14-15,22H,4-5,11-13,16-17H2,1-3H3,(H,26,29)/p+1/t22-/m1/s1. The quantitative estimate of drug-likeness (QED) is 0.609. The Kier molecular flexibility index (Phi) is 8.06. The first-order valence-electron chi connectivity index (χ1n) is 11.1. The van der Waals surface area contributed by atoms with Crippen LogP contribution < -0.4 is 19.7 Å². The summed E-state index contributed by atoms with van der Waals surface area (Å²) in [5, 5.41) is 2.94. The zero-order valence-corrected chi connectivity index (χ0v) is 18.7. The monoisotopic (exact) mass is 425 g/mol. The lowest BCUT2D eigenvalue weighted by molar-refractivity contribution is -0.908. The van der Waals surface area contributed by atoms with Crippen LogP contribution >= 0.6 is 0 Å². The first-order valence-corrected chi connectivity index (χ1v) is 11.1. The summed E-state index contributed by atoms with van der Waals surface area (Å²) in [5.74, 6) is 1.43. The highest BCUT2D eigenvalue weighted by molar-refractivity contribution is 5.88. The molecule has 6 heteroatoms. The lowest BCUT2D eigenvalue weighted by atomic mass is 9.98. The molecule has 1 unspecified atom stereocenters. The van der Waals surface area contributed by atoms with Crippen LogP contribution in [0.1, 0.15) is 37.5 Å². The summed E-state index contributed by atoms with van der Waals surface area (Å²) in [4.78, 5) is 26.0. The van der Waals surface area contributed by atoms with E-state index in [0.717, 1.165) is 36.6 Å². The average Bonchev–Trinajstić information content (AvgIpc) is 2.75. The Morgan fingerprint density at radius 2 is 1.68 bits per heavy atom. The van der Waals surface area contributed by atoms with Gasteiger partial charge in [-0.1, -0.05) is 30.3 Å². The van der Waals surface area contributed by atoms with Crippen LogP contribution in [-0.2, 0) is 29.0 Å². The number of hydrogen-bond acceptors (Lipinski definition) is 4. The Morgan fingerprint density at radius 3 is 2.29 bits per heavy atom. The first kappa shape index (κ1) is 22.8. The molecule has 0 radical (unpaired) electrons. The second-order valence-corrected chi connectivity index (χ2v) is 7.96. The molecule has 6 nitrogen and oxygen atoms in total. The van der Waals surface area contributed by atoms with Crippen molar-refractivity contribution < 1.29 is 24.0 Å². The van der Waals surface area contributed by atoms with Gasteiger partial charge in [0.25, 0.3) is 5.91 Å². The number of carbonyl (C=O) groups excluding carboxylic acids is 2. The maximum atomic E-state index is 12.7. The highest BCUT2D eigenvalue weighted by atomic mass is 16.5. The van der Waals surface area contributed by atoms with Crippen molar-refractivity contribution in [2.75, 3.05) is 26.3 Å². The number of fused-ring (bicyclic) bond motifs is 1. The van der Waals surface area contributed by atoms with Crippen molar-refractivity contribution in [3.05, 3.63) is 59.2 Å². The van der Waals surface area contributed by atoms with Gasteiger partial charge in [-0.15, -0.1) is 0 Å². The fourth-order valence-corrected chi connectivity index (χ4v) is 4.02. The molecule has 0 aliphatic carbocycles. The molecule has 2 N–H and O–H groups in total. The van der Waals surface area contributed by atoms with E-state index < -0.39 is 6.04 Å². The van der Waals surface area contributed by atoms with Crippen LogP contribution in [0.2, 0.25) is 0 Å². The van der Waals surface area contributed by atoms with Crippen molar-refractivity contribution in [1.29, 1.82) is 0 Å². The summed E-state index contributed by atoms with van der Waals surface area (Å²) in [6.45, 7) is 8.58. The van der Waals surface area contributed by atoms with E-state index in [-0.39, 0.29) is 11.7 Å². The second kappa shape index (κ2) is 11.0. The minimum Gasteiger partial charge on any atom is -0.490 e. The Labute approximate surface area is 184 Å². The van der Waals surface area contributed by atoms with Crippen LogP contribution in [0.5, 0.6) is 11.5 Å². The topological polar surface area (TPSA) is 69.1 Å². The Morgan fingerprint density at radius 1 is 1.03 bits per heavy atom. The number of rotatable bonds is 10. The van der Waals surface area contributed by atoms with Gasteiger partial charge in [0.05, 0.1) is 25.8 Å². The highest BCUT2D eigenvalue weighted by Crippen LogP contribution is 2.32. The SMILES string of the molecule is CCOc1cc2c(cc1OCC)C[NH+](CC(=O)N[C@H](Cc1ccccc1)C(C)=O)CC2. The van der Waals surface area contributed by atoms with E-state index >= 15 is 0 Å². The summed E-state index contributed by atoms with van der Waals surface area (Å²) in [7, 11) is 0. The molecular weight excluding hydrogens is 392 g/mol. The number of Topliss-reactive ketones (excluding diaryl/α,β-unsaturated/α-hetero) is 1. The first-order chi connectivity index (χ1) is 15.0. The summed E-state index contributed by atoms with van der Waals surface area (Å²) < 4.78 is 11.5. The van der Waals surface area contributed by atoms with E-state index in [9.17, 15) is 9.59 Å². The minimum atomic E-state index is -0.496. The summed E-state index contributed by atoms with van der Waals surface area (Å²) in [6, 6.07) is 13.4. The predicted octanol–water partition coefficient (Wildman–Crippen LogP) is 1.74. The molecule has 0 spiro atoms. The van der Waals surface area contributed by atoms with Gasteiger partial charge in [0.1, 0.15) is 6.54 Å². The molecule has 0 saturated heterocycles. The number of ketones is 1. The Balaban J connectivity index is 1.62. The van der Waals surface area contributed by atoms with Gasteiger partial charge >= 0.3 is 0 Å². The molecule has 2 aromatic rings. The van der Waals surface area contributed by atoms with E-state index in [2.05, 4.69) is 17.4 Å². The zero-order chi connectivity index (χ0) is 22.2. The van der Waals surface area contributed by atoms with E-state index in [1.807, 2.05) is 44.2 Å². The molecule has 1 aliphatic rings. The number of quaternary nitrogens is 1. The number of carbonyl (C=O) groups is 2. The van der Waals surface area contributed by atoms with Crippen LogP contribution in [0.15, 0.2) is 42.5 Å². The Hall–Kier alpha value is -2.86. The minimum absolute atomic E-state index is 0.0268. The lowest BCUT2D eigenvalue weighted by Gasteiger charge is -2.27. The molecule has 1 amide bonds. The summed E-state index contributed by atoms with van der Waals surface area (Å²) in [6.07, 6.45) is 1.39. The third-order valence-electron chi connectivity index (χ3n) is 5.57. The molecule has 3 rings (SSSR count). The normalized spacial score (nSPS) is 16.2. The smallest absolute Gasteiger partial charge is 0.275 e. The summed E-state index contributed by atoms with van der Waals surface area (Å²) >= 11 is 0. The number of benzene rings is 2. The zero-order valence-electron chi connectivity index (χ0n) is 18.7. The molecule has 2 aromatic carbocycles. The molecule has 166 valence electrons. The molecule has 31 heavy (non-hydrogen) atoms. The van der Waals surface area contributed by atoms with Crippen molar-refractivity contribution in [2.45, 2.75) is 46.2 Å². The van der Waals surface area contributed by atoms with Crippen molar-refractivity contribution in [3.63, 3.8) is 0 Å². The molecule has 0 saturated carbocycles. The fraction of sp³-hybridized carbons (Fsp3) is 0.440. The van der Waals surface area contributed by atoms with Gasteiger partial charge in [-0.25, -0.2) is 0 Å². The van der Waals surface area contributed by atoms with Gasteiger partial charge in [-0.3, -0.25) is 9.59 Å². The third-order valence-corrected chi connectivity index (χ3v) is 5.57. The van der Waals surface area contributed by atoms with Gasteiger partial charge in [-0.2, -0.15) is 0 Å². The summed E-state index contributed by atoms with van der Waals surface area (Å²) in [5.41, 5.74) is 3.48.